The van der Waals surface area contributed by atoms with Crippen LogP contribution in [0.15, 0.2) is 47.4 Å². The molecule has 0 unspecified atom stereocenters. The Bertz CT molecular complexity index is 1280. The maximum absolute atomic E-state index is 13.5. The zero-order valence-corrected chi connectivity index (χ0v) is 25.9. The number of nitrogens with zero attached hydrogens (tertiary/aromatic N) is 5. The number of aromatic nitrogens is 1. The summed E-state index contributed by atoms with van der Waals surface area (Å²) in [4.78, 5) is 31.6. The average molecular weight is 570 g/mol. The highest BCUT2D eigenvalue weighted by atomic mass is 28.3. The summed E-state index contributed by atoms with van der Waals surface area (Å²) in [5, 5.41) is 4.08. The molecule has 0 bridgehead atoms. The summed E-state index contributed by atoms with van der Waals surface area (Å²) in [7, 11) is 0.911. The molecule has 2 aromatic rings. The molecule has 2 aliphatic rings. The van der Waals surface area contributed by atoms with Gasteiger partial charge in [-0.25, -0.2) is 9.36 Å². The van der Waals surface area contributed by atoms with Crippen molar-refractivity contribution in [3.05, 3.63) is 52.8 Å². The molecule has 0 saturated carbocycles. The Hall–Kier alpha value is -3.15. The Morgan fingerprint density at radius 2 is 1.82 bits per heavy atom. The van der Waals surface area contributed by atoms with Gasteiger partial charge in [0.1, 0.15) is 23.8 Å². The number of anilines is 1. The van der Waals surface area contributed by atoms with Crippen molar-refractivity contribution in [2.75, 3.05) is 58.2 Å². The number of allylic oxidation sites excluding steroid dienone is 1. The van der Waals surface area contributed by atoms with Crippen molar-refractivity contribution in [2.45, 2.75) is 52.1 Å². The van der Waals surface area contributed by atoms with Crippen molar-refractivity contribution in [1.29, 1.82) is 0 Å². The first-order valence-electron chi connectivity index (χ1n) is 13.9. The van der Waals surface area contributed by atoms with Gasteiger partial charge in [-0.05, 0) is 63.3 Å². The standard InChI is InChI=1S/C29H43N5O5Si/c1-29(2,3)39-28(35)34-25-9-8-24(33-12-10-31(4)11-13-33)16-22(25)17-26(34)27-18-23(30-36)19-32(21-38-27)20-37-14-15-40(5,6)7/h8-9,16-19H,10-15,20-21H2,1-7H3. The number of carbonyl (C=O) groups is 1. The number of likely N-dealkylation sites (N-methyl/N-ethyl adjacent to an activating group) is 1. The monoisotopic (exact) mass is 569 g/mol. The molecule has 10 nitrogen and oxygen atoms in total. The minimum Gasteiger partial charge on any atom is -0.471 e. The molecule has 2 aliphatic heterocycles. The van der Waals surface area contributed by atoms with Crippen molar-refractivity contribution in [1.82, 2.24) is 14.4 Å². The van der Waals surface area contributed by atoms with E-state index in [-0.39, 0.29) is 19.2 Å². The maximum Gasteiger partial charge on any atom is 0.419 e. The van der Waals surface area contributed by atoms with Crippen molar-refractivity contribution in [2.24, 2.45) is 5.18 Å². The third-order valence-electron chi connectivity index (χ3n) is 6.82. The molecule has 0 aliphatic carbocycles. The number of ether oxygens (including phenoxy) is 3. The Morgan fingerprint density at radius 1 is 1.10 bits per heavy atom. The van der Waals surface area contributed by atoms with E-state index in [1.165, 1.54) is 4.57 Å². The molecule has 11 heteroatoms. The van der Waals surface area contributed by atoms with Gasteiger partial charge in [-0.3, -0.25) is 0 Å². The lowest BCUT2D eigenvalue weighted by atomic mass is 10.2. The first kappa shape index (κ1) is 29.8. The van der Waals surface area contributed by atoms with Crippen LogP contribution in [-0.4, -0.2) is 87.4 Å². The topological polar surface area (TPSA) is 88.8 Å². The van der Waals surface area contributed by atoms with Gasteiger partial charge >= 0.3 is 6.09 Å². The minimum atomic E-state index is -1.22. The molecule has 1 saturated heterocycles. The van der Waals surface area contributed by atoms with Crippen molar-refractivity contribution in [3.8, 4) is 0 Å². The summed E-state index contributed by atoms with van der Waals surface area (Å²) in [5.74, 6) is 0.360. The molecule has 0 N–H and O–H groups in total. The summed E-state index contributed by atoms with van der Waals surface area (Å²) in [5.41, 5.74) is 1.78. The first-order chi connectivity index (χ1) is 18.8. The molecule has 0 amide bonds. The van der Waals surface area contributed by atoms with Crippen molar-refractivity contribution < 1.29 is 19.0 Å². The fourth-order valence-corrected chi connectivity index (χ4v) is 5.33. The number of benzene rings is 1. The predicted octanol–water partition coefficient (Wildman–Crippen LogP) is 5.73. The van der Waals surface area contributed by atoms with Crippen LogP contribution >= 0.6 is 0 Å². The molecule has 1 aromatic carbocycles. The second kappa shape index (κ2) is 12.2. The van der Waals surface area contributed by atoms with Gasteiger partial charge in [-0.2, -0.15) is 0 Å². The van der Waals surface area contributed by atoms with E-state index in [2.05, 4.69) is 47.7 Å². The van der Waals surface area contributed by atoms with Gasteiger partial charge in [0.15, 0.2) is 6.73 Å². The van der Waals surface area contributed by atoms with E-state index in [1.54, 1.807) is 17.2 Å². The number of fused-ring (bicyclic) bond motifs is 1. The van der Waals surface area contributed by atoms with Gasteiger partial charge in [0.25, 0.3) is 0 Å². The van der Waals surface area contributed by atoms with Gasteiger partial charge in [0.2, 0.25) is 0 Å². The summed E-state index contributed by atoms with van der Waals surface area (Å²) in [6.07, 6.45) is 2.67. The number of hydrogen-bond donors (Lipinski definition) is 0. The van der Waals surface area contributed by atoms with E-state index >= 15 is 0 Å². The number of piperazine rings is 1. The second-order valence-electron chi connectivity index (χ2n) is 12.7. The van der Waals surface area contributed by atoms with Crippen LogP contribution in [0.25, 0.3) is 16.7 Å². The van der Waals surface area contributed by atoms with Crippen LogP contribution in [0.1, 0.15) is 26.5 Å². The highest BCUT2D eigenvalue weighted by Crippen LogP contribution is 2.32. The summed E-state index contributed by atoms with van der Waals surface area (Å²) in [6.45, 7) is 17.3. The first-order valence-corrected chi connectivity index (χ1v) is 17.6. The predicted molar refractivity (Wildman–Crippen MR) is 162 cm³/mol. The van der Waals surface area contributed by atoms with Crippen LogP contribution in [-0.2, 0) is 14.2 Å². The van der Waals surface area contributed by atoms with Gasteiger partial charge in [0.05, 0.1) is 11.2 Å². The number of nitroso groups, excluding NO2 is 1. The largest absolute Gasteiger partial charge is 0.471 e. The minimum absolute atomic E-state index is 0.139. The third-order valence-corrected chi connectivity index (χ3v) is 8.52. The molecular weight excluding hydrogens is 526 g/mol. The van der Waals surface area contributed by atoms with Crippen LogP contribution in [0, 0.1) is 4.91 Å². The SMILES string of the molecule is CN1CCN(c2ccc3c(c2)cc(C2=CC(N=O)=CN(COCC[Si](C)(C)C)CO2)n3C(=O)OC(C)(C)C)CC1. The quantitative estimate of drug-likeness (QED) is 0.226. The average Bonchev–Trinajstić information content (AvgIpc) is 3.12. The Labute approximate surface area is 238 Å². The zero-order chi connectivity index (χ0) is 29.1. The molecule has 3 heterocycles. The Balaban J connectivity index is 1.64. The van der Waals surface area contributed by atoms with Crippen LogP contribution in [0.4, 0.5) is 10.5 Å². The second-order valence-corrected chi connectivity index (χ2v) is 18.4. The van der Waals surface area contributed by atoms with E-state index in [0.717, 1.165) is 43.3 Å². The van der Waals surface area contributed by atoms with Crippen LogP contribution in [0.5, 0.6) is 0 Å². The maximum atomic E-state index is 13.5. The van der Waals surface area contributed by atoms with Crippen LogP contribution < -0.4 is 4.90 Å². The summed E-state index contributed by atoms with van der Waals surface area (Å²) >= 11 is 0. The van der Waals surface area contributed by atoms with Gasteiger partial charge in [-0.1, -0.05) is 19.6 Å². The van der Waals surface area contributed by atoms with Gasteiger partial charge < -0.3 is 28.9 Å². The summed E-state index contributed by atoms with van der Waals surface area (Å²) < 4.78 is 19.3. The third kappa shape index (κ3) is 7.73. The molecule has 0 atom stereocenters. The van der Waals surface area contributed by atoms with E-state index in [1.807, 2.05) is 39.0 Å². The van der Waals surface area contributed by atoms with E-state index < -0.39 is 19.8 Å². The summed E-state index contributed by atoms with van der Waals surface area (Å²) in [6, 6.07) is 9.03. The molecule has 1 fully saturated rings. The van der Waals surface area contributed by atoms with E-state index in [4.69, 9.17) is 14.2 Å². The molecule has 40 heavy (non-hydrogen) atoms. The van der Waals surface area contributed by atoms with Gasteiger partial charge in [0, 0.05) is 64.2 Å². The highest BCUT2D eigenvalue weighted by molar-refractivity contribution is 6.76. The number of carbonyl (C=O) groups excluding carboxylic acids is 1. The van der Waals surface area contributed by atoms with Crippen molar-refractivity contribution >= 4 is 36.5 Å². The zero-order valence-electron chi connectivity index (χ0n) is 24.9. The Morgan fingerprint density at radius 3 is 2.48 bits per heavy atom. The molecule has 1 aromatic heterocycles. The van der Waals surface area contributed by atoms with Crippen LogP contribution in [0.3, 0.4) is 0 Å². The molecule has 0 spiro atoms. The lowest BCUT2D eigenvalue weighted by molar-refractivity contribution is 0.0181. The lowest BCUT2D eigenvalue weighted by Crippen LogP contribution is -2.44. The Kier molecular flexibility index (Phi) is 9.06. The number of rotatable bonds is 8. The smallest absolute Gasteiger partial charge is 0.419 e. The molecule has 4 rings (SSSR count). The van der Waals surface area contributed by atoms with E-state index in [0.29, 0.717) is 23.6 Å². The molecule has 218 valence electrons. The highest BCUT2D eigenvalue weighted by Gasteiger charge is 2.26. The fraction of sp³-hybridized carbons (Fsp3) is 0.552. The van der Waals surface area contributed by atoms with Crippen molar-refractivity contribution in [3.63, 3.8) is 0 Å². The normalized spacial score (nSPS) is 17.3. The van der Waals surface area contributed by atoms with Crippen LogP contribution in [0.2, 0.25) is 25.7 Å². The van der Waals surface area contributed by atoms with E-state index in [9.17, 15) is 9.70 Å². The van der Waals surface area contributed by atoms with Gasteiger partial charge in [-0.15, -0.1) is 4.91 Å². The molecular formula is C29H43N5O5Si. The lowest BCUT2D eigenvalue weighted by Gasteiger charge is -2.34. The fourth-order valence-electron chi connectivity index (χ4n) is 4.57. The molecule has 0 radical (unpaired) electrons. The number of hydrogen-bond acceptors (Lipinski definition) is 9.